The van der Waals surface area contributed by atoms with Crippen molar-refractivity contribution in [2.75, 3.05) is 15.4 Å². The van der Waals surface area contributed by atoms with E-state index in [1.54, 1.807) is 0 Å². The Kier molecular flexibility index (Phi) is 6.23. The van der Waals surface area contributed by atoms with Crippen LogP contribution in [0.1, 0.15) is 17.3 Å². The largest absolute Gasteiger partial charge is 0.322 e. The van der Waals surface area contributed by atoms with E-state index >= 15 is 0 Å². The molecule has 154 valence electrons. The van der Waals surface area contributed by atoms with Crippen LogP contribution in [-0.2, 0) is 14.8 Å². The summed E-state index contributed by atoms with van der Waals surface area (Å²) in [5, 5.41) is 12.5. The highest BCUT2D eigenvalue weighted by atomic mass is 35.5. The Morgan fingerprint density at radius 2 is 1.67 bits per heavy atom. The van der Waals surface area contributed by atoms with Crippen LogP contribution in [-0.4, -0.2) is 35.4 Å². The molecule has 30 heavy (non-hydrogen) atoms. The lowest BCUT2D eigenvalue weighted by molar-refractivity contribution is -0.114. The summed E-state index contributed by atoms with van der Waals surface area (Å²) in [6.45, 7) is 1.33. The molecule has 1 aromatic carbocycles. The number of hydrogen-bond donors (Lipinski definition) is 3. The molecule has 0 bridgehead atoms. The summed E-state index contributed by atoms with van der Waals surface area (Å²) in [5.41, 5.74) is 0.650. The van der Waals surface area contributed by atoms with Crippen molar-refractivity contribution in [3.8, 4) is 0 Å². The molecule has 0 atom stereocenters. The van der Waals surface area contributed by atoms with Crippen LogP contribution in [0.15, 0.2) is 59.6 Å². The second kappa shape index (κ2) is 8.84. The molecule has 0 fully saturated rings. The van der Waals surface area contributed by atoms with E-state index in [-0.39, 0.29) is 33.2 Å². The van der Waals surface area contributed by atoms with Gasteiger partial charge in [-0.1, -0.05) is 11.6 Å². The minimum atomic E-state index is -3.90. The average molecular weight is 447 g/mol. The number of nitrogens with one attached hydrogen (secondary N) is 3. The molecule has 0 saturated carbocycles. The van der Waals surface area contributed by atoms with E-state index in [4.69, 9.17) is 11.6 Å². The molecule has 10 nitrogen and oxygen atoms in total. The van der Waals surface area contributed by atoms with Crippen molar-refractivity contribution < 1.29 is 18.0 Å². The molecule has 0 aliphatic carbocycles. The number of benzene rings is 1. The van der Waals surface area contributed by atoms with Gasteiger partial charge in [0.2, 0.25) is 5.91 Å². The van der Waals surface area contributed by atoms with Crippen molar-refractivity contribution in [2.45, 2.75) is 11.8 Å². The van der Waals surface area contributed by atoms with Crippen LogP contribution in [0.3, 0.4) is 0 Å². The number of pyridine rings is 1. The fourth-order valence-electron chi connectivity index (χ4n) is 2.31. The molecular weight excluding hydrogens is 432 g/mol. The Labute approximate surface area is 176 Å². The smallest absolute Gasteiger partial charge is 0.263 e. The maximum atomic E-state index is 12.4. The van der Waals surface area contributed by atoms with E-state index in [2.05, 4.69) is 30.5 Å². The minimum absolute atomic E-state index is 0.0180. The molecule has 0 spiro atoms. The van der Waals surface area contributed by atoms with Gasteiger partial charge in [0.15, 0.2) is 11.0 Å². The van der Waals surface area contributed by atoms with Gasteiger partial charge in [0.05, 0.1) is 4.90 Å². The van der Waals surface area contributed by atoms with E-state index in [0.717, 1.165) is 0 Å². The van der Waals surface area contributed by atoms with E-state index in [9.17, 15) is 18.0 Å². The minimum Gasteiger partial charge on any atom is -0.322 e. The first-order valence-electron chi connectivity index (χ1n) is 8.40. The summed E-state index contributed by atoms with van der Waals surface area (Å²) in [4.78, 5) is 27.4. The Balaban J connectivity index is 1.70. The molecule has 3 N–H and O–H groups in total. The lowest BCUT2D eigenvalue weighted by Crippen LogP contribution is -2.15. The molecule has 0 unspecified atom stereocenters. The molecule has 12 heteroatoms. The first-order valence-corrected chi connectivity index (χ1v) is 10.3. The van der Waals surface area contributed by atoms with Crippen LogP contribution in [0.5, 0.6) is 0 Å². The number of carbonyl (C=O) groups is 2. The first kappa shape index (κ1) is 21.1. The number of anilines is 3. The van der Waals surface area contributed by atoms with Crippen LogP contribution in [0.2, 0.25) is 5.15 Å². The zero-order chi connectivity index (χ0) is 21.7. The number of sulfonamides is 1. The lowest BCUT2D eigenvalue weighted by atomic mass is 10.2. The number of rotatable bonds is 6. The van der Waals surface area contributed by atoms with Crippen molar-refractivity contribution in [2.24, 2.45) is 0 Å². The second-order valence-corrected chi connectivity index (χ2v) is 8.01. The highest BCUT2D eigenvalue weighted by molar-refractivity contribution is 7.92. The third-order valence-corrected chi connectivity index (χ3v) is 5.19. The van der Waals surface area contributed by atoms with Gasteiger partial charge in [-0.15, -0.1) is 10.2 Å². The average Bonchev–Trinajstić information content (AvgIpc) is 2.70. The zero-order valence-corrected chi connectivity index (χ0v) is 17.0. The van der Waals surface area contributed by atoms with Crippen LogP contribution in [0, 0.1) is 0 Å². The van der Waals surface area contributed by atoms with Crippen molar-refractivity contribution in [1.29, 1.82) is 0 Å². The van der Waals surface area contributed by atoms with Gasteiger partial charge in [-0.3, -0.25) is 14.3 Å². The Morgan fingerprint density at radius 1 is 0.933 bits per heavy atom. The number of carbonyl (C=O) groups excluding carboxylic acids is 2. The molecule has 2 heterocycles. The summed E-state index contributed by atoms with van der Waals surface area (Å²) in [5.74, 6) is -0.498. The lowest BCUT2D eigenvalue weighted by Gasteiger charge is -2.09. The van der Waals surface area contributed by atoms with Gasteiger partial charge in [0.25, 0.3) is 15.9 Å². The van der Waals surface area contributed by atoms with E-state index in [0.29, 0.717) is 5.69 Å². The fraction of sp³-hybridized carbons (Fsp3) is 0.0556. The maximum Gasteiger partial charge on any atom is 0.263 e. The highest BCUT2D eigenvalue weighted by Crippen LogP contribution is 2.18. The van der Waals surface area contributed by atoms with Gasteiger partial charge < -0.3 is 10.6 Å². The number of nitrogens with zero attached hydrogens (tertiary/aromatic N) is 3. The number of hydrogen-bond acceptors (Lipinski definition) is 7. The van der Waals surface area contributed by atoms with Gasteiger partial charge in [0, 0.05) is 24.4 Å². The number of amides is 2. The predicted molar refractivity (Wildman–Crippen MR) is 111 cm³/mol. The first-order chi connectivity index (χ1) is 14.2. The summed E-state index contributed by atoms with van der Waals surface area (Å²) < 4.78 is 27.1. The normalized spacial score (nSPS) is 10.9. The van der Waals surface area contributed by atoms with E-state index < -0.39 is 15.9 Å². The summed E-state index contributed by atoms with van der Waals surface area (Å²) in [6, 6.07) is 11.2. The van der Waals surface area contributed by atoms with Crippen molar-refractivity contribution in [3.63, 3.8) is 0 Å². The quantitative estimate of drug-likeness (QED) is 0.527. The van der Waals surface area contributed by atoms with Crippen LogP contribution in [0.4, 0.5) is 17.3 Å². The van der Waals surface area contributed by atoms with Crippen LogP contribution in [0.25, 0.3) is 0 Å². The molecule has 0 aliphatic rings. The Hall–Kier alpha value is -3.57. The molecular formula is C18H15ClN6O4S. The van der Waals surface area contributed by atoms with Crippen LogP contribution >= 0.6 is 11.6 Å². The van der Waals surface area contributed by atoms with Crippen molar-refractivity contribution in [1.82, 2.24) is 15.2 Å². The summed E-state index contributed by atoms with van der Waals surface area (Å²) >= 11 is 5.63. The zero-order valence-electron chi connectivity index (χ0n) is 15.5. The van der Waals surface area contributed by atoms with Gasteiger partial charge >= 0.3 is 0 Å². The van der Waals surface area contributed by atoms with E-state index in [1.807, 2.05) is 0 Å². The number of aromatic nitrogens is 3. The van der Waals surface area contributed by atoms with Gasteiger partial charge in [-0.2, -0.15) is 0 Å². The van der Waals surface area contributed by atoms with Gasteiger partial charge in [0.1, 0.15) is 5.82 Å². The molecule has 3 aromatic rings. The predicted octanol–water partition coefficient (Wildman–Crippen LogP) is 2.54. The maximum absolute atomic E-state index is 12.4. The van der Waals surface area contributed by atoms with Crippen LogP contribution < -0.4 is 15.4 Å². The molecule has 0 aliphatic heterocycles. The molecule has 2 aromatic heterocycles. The topological polar surface area (TPSA) is 143 Å². The third kappa shape index (κ3) is 5.49. The molecule has 3 rings (SSSR count). The number of halogens is 1. The van der Waals surface area contributed by atoms with E-state index in [1.165, 1.54) is 61.7 Å². The molecule has 2 amide bonds. The van der Waals surface area contributed by atoms with Crippen molar-refractivity contribution in [3.05, 3.63) is 65.4 Å². The summed E-state index contributed by atoms with van der Waals surface area (Å²) in [6.07, 6.45) is 1.39. The third-order valence-electron chi connectivity index (χ3n) is 3.62. The fourth-order valence-corrected chi connectivity index (χ4v) is 3.41. The Morgan fingerprint density at radius 3 is 2.30 bits per heavy atom. The summed E-state index contributed by atoms with van der Waals surface area (Å²) in [7, 11) is -3.90. The Bertz CT molecular complexity index is 1180. The standard InChI is InChI=1S/C18H15ClN6O4S/c1-11(26)21-17-10-12(8-9-20-17)18(27)22-13-2-4-14(5-3-13)30(28,29)25-16-7-6-15(19)23-24-16/h2-10H,1H3,(H,22,27)(H,24,25)(H,20,21,26). The van der Waals surface area contributed by atoms with Crippen molar-refractivity contribution >= 4 is 50.8 Å². The monoisotopic (exact) mass is 446 g/mol. The SMILES string of the molecule is CC(=O)Nc1cc(C(=O)Nc2ccc(S(=O)(=O)Nc3ccc(Cl)nn3)cc2)ccn1. The second-order valence-electron chi connectivity index (χ2n) is 5.94. The highest BCUT2D eigenvalue weighted by Gasteiger charge is 2.16. The molecule has 0 saturated heterocycles. The van der Waals surface area contributed by atoms with Gasteiger partial charge in [-0.25, -0.2) is 13.4 Å². The molecule has 0 radical (unpaired) electrons. The van der Waals surface area contributed by atoms with Gasteiger partial charge in [-0.05, 0) is 48.5 Å².